The summed E-state index contributed by atoms with van der Waals surface area (Å²) in [6.45, 7) is -0.389. The van der Waals surface area contributed by atoms with Crippen LogP contribution in [0, 0.1) is 11.3 Å². The van der Waals surface area contributed by atoms with E-state index >= 15 is 0 Å². The van der Waals surface area contributed by atoms with Crippen molar-refractivity contribution in [3.63, 3.8) is 0 Å². The molecule has 0 heterocycles. The summed E-state index contributed by atoms with van der Waals surface area (Å²) in [6, 6.07) is 6.94. The Kier molecular flexibility index (Phi) is 2.67. The SMILES string of the molecule is COc1cccc(C[O])c1C#N. The first kappa shape index (κ1) is 8.57. The van der Waals surface area contributed by atoms with E-state index in [-0.39, 0.29) is 6.61 Å². The van der Waals surface area contributed by atoms with E-state index in [1.165, 1.54) is 7.11 Å². The normalized spacial score (nSPS) is 9.08. The van der Waals surface area contributed by atoms with E-state index in [0.717, 1.165) is 0 Å². The highest BCUT2D eigenvalue weighted by molar-refractivity contribution is 5.48. The molecule has 1 aromatic carbocycles. The van der Waals surface area contributed by atoms with Gasteiger partial charge in [0.15, 0.2) is 0 Å². The molecular weight excluding hydrogens is 154 g/mol. The van der Waals surface area contributed by atoms with E-state index in [2.05, 4.69) is 0 Å². The number of nitrogens with zero attached hydrogens (tertiary/aromatic N) is 1. The molecule has 1 radical (unpaired) electrons. The molecule has 1 aromatic rings. The highest BCUT2D eigenvalue weighted by Gasteiger charge is 2.06. The Balaban J connectivity index is 3.25. The lowest BCUT2D eigenvalue weighted by molar-refractivity contribution is 0.177. The van der Waals surface area contributed by atoms with E-state index in [9.17, 15) is 5.11 Å². The molecule has 0 unspecified atom stereocenters. The maximum absolute atomic E-state index is 10.6. The van der Waals surface area contributed by atoms with Gasteiger partial charge < -0.3 is 4.74 Å². The largest absolute Gasteiger partial charge is 0.495 e. The molecule has 0 aliphatic rings. The molecule has 0 amide bonds. The van der Waals surface area contributed by atoms with Gasteiger partial charge in [0, 0.05) is 5.56 Å². The van der Waals surface area contributed by atoms with Crippen LogP contribution in [0.5, 0.6) is 5.75 Å². The fourth-order valence-corrected chi connectivity index (χ4v) is 0.994. The highest BCUT2D eigenvalue weighted by Crippen LogP contribution is 2.20. The summed E-state index contributed by atoms with van der Waals surface area (Å²) < 4.78 is 4.92. The van der Waals surface area contributed by atoms with Crippen LogP contribution in [0.2, 0.25) is 0 Å². The van der Waals surface area contributed by atoms with Gasteiger partial charge >= 0.3 is 0 Å². The van der Waals surface area contributed by atoms with Gasteiger partial charge in [-0.2, -0.15) is 5.26 Å². The molecule has 0 aliphatic heterocycles. The van der Waals surface area contributed by atoms with Gasteiger partial charge in [-0.3, -0.25) is 0 Å². The number of hydrogen-bond acceptors (Lipinski definition) is 2. The first-order valence-electron chi connectivity index (χ1n) is 3.47. The number of rotatable bonds is 2. The zero-order valence-corrected chi connectivity index (χ0v) is 6.70. The molecule has 0 spiro atoms. The van der Waals surface area contributed by atoms with Crippen LogP contribution in [-0.4, -0.2) is 7.11 Å². The standard InChI is InChI=1S/C9H8NO2/c1-12-9-4-2-3-7(6-11)8(9)5-10/h2-4H,6H2,1H3. The Hall–Kier alpha value is -1.53. The fraction of sp³-hybridized carbons (Fsp3) is 0.222. The van der Waals surface area contributed by atoms with E-state index in [4.69, 9.17) is 10.00 Å². The number of benzene rings is 1. The molecule has 61 valence electrons. The van der Waals surface area contributed by atoms with E-state index in [1.54, 1.807) is 18.2 Å². The minimum Gasteiger partial charge on any atom is -0.495 e. The Morgan fingerprint density at radius 3 is 2.83 bits per heavy atom. The fourth-order valence-electron chi connectivity index (χ4n) is 0.994. The molecule has 0 aromatic heterocycles. The van der Waals surface area contributed by atoms with Gasteiger partial charge in [0.05, 0.1) is 12.7 Å². The van der Waals surface area contributed by atoms with Crippen molar-refractivity contribution in [3.8, 4) is 11.8 Å². The highest BCUT2D eigenvalue weighted by atomic mass is 16.5. The van der Waals surface area contributed by atoms with Gasteiger partial charge in [-0.05, 0) is 6.07 Å². The van der Waals surface area contributed by atoms with Crippen molar-refractivity contribution in [2.24, 2.45) is 0 Å². The second-order valence-corrected chi connectivity index (χ2v) is 2.25. The molecule has 0 bridgehead atoms. The average molecular weight is 162 g/mol. The van der Waals surface area contributed by atoms with Crippen molar-refractivity contribution in [1.29, 1.82) is 5.26 Å². The van der Waals surface area contributed by atoms with Crippen LogP contribution < -0.4 is 4.74 Å². The van der Waals surface area contributed by atoms with Crippen LogP contribution in [0.15, 0.2) is 18.2 Å². The molecule has 0 aliphatic carbocycles. The number of methoxy groups -OCH3 is 1. The molecular formula is C9H8NO2. The number of hydrogen-bond donors (Lipinski definition) is 0. The summed E-state index contributed by atoms with van der Waals surface area (Å²) >= 11 is 0. The van der Waals surface area contributed by atoms with Crippen molar-refractivity contribution in [2.75, 3.05) is 7.11 Å². The lowest BCUT2D eigenvalue weighted by Gasteiger charge is -2.04. The van der Waals surface area contributed by atoms with Crippen molar-refractivity contribution in [2.45, 2.75) is 6.61 Å². The summed E-state index contributed by atoms with van der Waals surface area (Å²) in [5, 5.41) is 19.3. The first-order chi connectivity index (χ1) is 5.83. The third-order valence-electron chi connectivity index (χ3n) is 1.60. The van der Waals surface area contributed by atoms with Crippen LogP contribution in [-0.2, 0) is 11.7 Å². The van der Waals surface area contributed by atoms with Crippen molar-refractivity contribution < 1.29 is 9.84 Å². The van der Waals surface area contributed by atoms with Crippen LogP contribution >= 0.6 is 0 Å². The molecule has 1 rings (SSSR count). The van der Waals surface area contributed by atoms with Crippen LogP contribution in [0.4, 0.5) is 0 Å². The molecule has 0 fully saturated rings. The minimum atomic E-state index is -0.389. The van der Waals surface area contributed by atoms with Crippen molar-refractivity contribution in [3.05, 3.63) is 29.3 Å². The summed E-state index contributed by atoms with van der Waals surface area (Å²) in [5.74, 6) is 0.464. The van der Waals surface area contributed by atoms with Crippen molar-refractivity contribution >= 4 is 0 Å². The Morgan fingerprint density at radius 1 is 1.58 bits per heavy atom. The minimum absolute atomic E-state index is 0.343. The predicted octanol–water partition coefficient (Wildman–Crippen LogP) is 1.50. The average Bonchev–Trinajstić information content (AvgIpc) is 2.16. The predicted molar refractivity (Wildman–Crippen MR) is 42.1 cm³/mol. The van der Waals surface area contributed by atoms with Gasteiger partial charge in [-0.1, -0.05) is 12.1 Å². The zero-order chi connectivity index (χ0) is 8.97. The lowest BCUT2D eigenvalue weighted by atomic mass is 10.1. The molecule has 0 saturated heterocycles. The van der Waals surface area contributed by atoms with Crippen LogP contribution in [0.1, 0.15) is 11.1 Å². The molecule has 0 N–H and O–H groups in total. The molecule has 0 atom stereocenters. The lowest BCUT2D eigenvalue weighted by Crippen LogP contribution is -1.93. The maximum atomic E-state index is 10.6. The van der Waals surface area contributed by atoms with Gasteiger partial charge in [0.1, 0.15) is 18.4 Å². The second-order valence-electron chi connectivity index (χ2n) is 2.25. The van der Waals surface area contributed by atoms with Crippen LogP contribution in [0.25, 0.3) is 0 Å². The summed E-state index contributed by atoms with van der Waals surface area (Å²) in [7, 11) is 1.48. The monoisotopic (exact) mass is 162 g/mol. The van der Waals surface area contributed by atoms with Gasteiger partial charge in [0.25, 0.3) is 0 Å². The topological polar surface area (TPSA) is 52.9 Å². The Labute approximate surface area is 70.8 Å². The van der Waals surface area contributed by atoms with Gasteiger partial charge in [-0.25, -0.2) is 5.11 Å². The number of ether oxygens (including phenoxy) is 1. The van der Waals surface area contributed by atoms with Gasteiger partial charge in [0.2, 0.25) is 0 Å². The smallest absolute Gasteiger partial charge is 0.136 e. The summed E-state index contributed by atoms with van der Waals surface area (Å²) in [5.41, 5.74) is 0.826. The molecule has 3 heteroatoms. The van der Waals surface area contributed by atoms with E-state index in [1.807, 2.05) is 6.07 Å². The summed E-state index contributed by atoms with van der Waals surface area (Å²) in [4.78, 5) is 0. The van der Waals surface area contributed by atoms with Crippen molar-refractivity contribution in [1.82, 2.24) is 0 Å². The first-order valence-corrected chi connectivity index (χ1v) is 3.47. The third-order valence-corrected chi connectivity index (χ3v) is 1.60. The molecule has 0 saturated carbocycles. The zero-order valence-electron chi connectivity index (χ0n) is 6.70. The quantitative estimate of drug-likeness (QED) is 0.661. The van der Waals surface area contributed by atoms with Crippen LogP contribution in [0.3, 0.4) is 0 Å². The van der Waals surface area contributed by atoms with E-state index < -0.39 is 0 Å². The Bertz CT molecular complexity index is 293. The van der Waals surface area contributed by atoms with Gasteiger partial charge in [-0.15, -0.1) is 0 Å². The molecule has 12 heavy (non-hydrogen) atoms. The molecule has 3 nitrogen and oxygen atoms in total. The maximum Gasteiger partial charge on any atom is 0.136 e. The third kappa shape index (κ3) is 1.39. The summed E-state index contributed by atoms with van der Waals surface area (Å²) in [6.07, 6.45) is 0. The second kappa shape index (κ2) is 3.74. The Morgan fingerprint density at radius 2 is 2.33 bits per heavy atom. The number of nitriles is 1. The van der Waals surface area contributed by atoms with E-state index in [0.29, 0.717) is 16.9 Å².